The summed E-state index contributed by atoms with van der Waals surface area (Å²) in [7, 11) is 0. The predicted molar refractivity (Wildman–Crippen MR) is 35.1 cm³/mol. The van der Waals surface area contributed by atoms with Crippen LogP contribution in [0, 0.1) is 5.41 Å². The Hall–Kier alpha value is -0.570. The van der Waals surface area contributed by atoms with Crippen molar-refractivity contribution in [3.05, 3.63) is 0 Å². The lowest BCUT2D eigenvalue weighted by atomic mass is 9.88. The molecule has 9 heavy (non-hydrogen) atoms. The second-order valence-electron chi connectivity index (χ2n) is 2.97. The van der Waals surface area contributed by atoms with Crippen LogP contribution in [-0.4, -0.2) is 17.1 Å². The zero-order valence-corrected chi connectivity index (χ0v) is 5.93. The van der Waals surface area contributed by atoms with Gasteiger partial charge >= 0.3 is 5.97 Å². The number of rotatable bonds is 1. The van der Waals surface area contributed by atoms with Crippen molar-refractivity contribution in [1.82, 2.24) is 0 Å². The topological polar surface area (TPSA) is 63.3 Å². The van der Waals surface area contributed by atoms with Crippen LogP contribution in [0.2, 0.25) is 0 Å². The van der Waals surface area contributed by atoms with Gasteiger partial charge in [-0.3, -0.25) is 4.79 Å². The summed E-state index contributed by atoms with van der Waals surface area (Å²) in [5.41, 5.74) is 4.47. The summed E-state index contributed by atoms with van der Waals surface area (Å²) in [4.78, 5) is 10.4. The van der Waals surface area contributed by atoms with E-state index in [1.54, 1.807) is 20.8 Å². The summed E-state index contributed by atoms with van der Waals surface area (Å²) in [6, 6.07) is -1.90. The molecule has 0 aliphatic rings. The van der Waals surface area contributed by atoms with Gasteiger partial charge in [0, 0.05) is 0 Å². The number of carbonyl (C=O) groups is 1. The number of hydrogen-bond acceptors (Lipinski definition) is 2. The smallest absolute Gasteiger partial charge is 0.321 e. The molecule has 0 aromatic heterocycles. The van der Waals surface area contributed by atoms with Gasteiger partial charge in [0.15, 0.2) is 0 Å². The molecule has 1 unspecified atom stereocenters. The van der Waals surface area contributed by atoms with Crippen LogP contribution in [-0.2, 0) is 4.79 Å². The van der Waals surface area contributed by atoms with Crippen molar-refractivity contribution >= 4 is 5.97 Å². The Kier molecular flexibility index (Phi) is 1.71. The predicted octanol–water partition coefficient (Wildman–Crippen LogP) is 0.444. The zero-order chi connectivity index (χ0) is 8.58. The third-order valence-electron chi connectivity index (χ3n) is 1.04. The highest BCUT2D eigenvalue weighted by atomic mass is 16.4. The van der Waals surface area contributed by atoms with Gasteiger partial charge in [0.25, 0.3) is 0 Å². The maximum absolute atomic E-state index is 10.4. The van der Waals surface area contributed by atoms with Gasteiger partial charge in [0.2, 0.25) is 0 Å². The Morgan fingerprint density at radius 1 is 1.78 bits per heavy atom. The van der Waals surface area contributed by atoms with Crippen LogP contribution in [0.3, 0.4) is 0 Å². The normalized spacial score (nSPS) is 20.2. The number of carboxylic acid groups (broad SMARTS) is 1. The van der Waals surface area contributed by atoms with Crippen molar-refractivity contribution in [2.24, 2.45) is 11.1 Å². The third-order valence-corrected chi connectivity index (χ3v) is 1.04. The molecule has 0 radical (unpaired) electrons. The van der Waals surface area contributed by atoms with Crippen molar-refractivity contribution in [2.45, 2.75) is 26.8 Å². The van der Waals surface area contributed by atoms with E-state index in [2.05, 4.69) is 0 Å². The molecular formula is C6H13NO2. The minimum absolute atomic E-state index is 0.737. The molecule has 0 rings (SSSR count). The van der Waals surface area contributed by atoms with Crippen LogP contribution < -0.4 is 5.73 Å². The molecule has 1 atom stereocenters. The molecule has 0 aromatic carbocycles. The van der Waals surface area contributed by atoms with E-state index in [0.717, 1.165) is 0 Å². The Morgan fingerprint density at radius 3 is 2.11 bits per heavy atom. The standard InChI is InChI=1S/C6H13NO2/c1-6(2,3)4(7)5(8)9/h4H,7H2,1-3H3,(H,8,9)/i4D. The van der Waals surface area contributed by atoms with E-state index in [1.165, 1.54) is 0 Å². The molecule has 3 heteroatoms. The molecule has 3 N–H and O–H groups in total. The van der Waals surface area contributed by atoms with Crippen molar-refractivity contribution in [1.29, 1.82) is 0 Å². The minimum atomic E-state index is -1.90. The van der Waals surface area contributed by atoms with E-state index >= 15 is 0 Å². The van der Waals surface area contributed by atoms with E-state index in [0.29, 0.717) is 0 Å². The van der Waals surface area contributed by atoms with E-state index in [1.807, 2.05) is 0 Å². The molecule has 0 aliphatic heterocycles. The molecule has 0 saturated carbocycles. The number of hydrogen-bond donors (Lipinski definition) is 2. The SMILES string of the molecule is [2H]C(N)(C(=O)O)C(C)(C)C. The van der Waals surface area contributed by atoms with Crippen molar-refractivity contribution in [2.75, 3.05) is 0 Å². The fourth-order valence-corrected chi connectivity index (χ4v) is 0.321. The van der Waals surface area contributed by atoms with Gasteiger partial charge in [-0.15, -0.1) is 0 Å². The first-order valence-corrected chi connectivity index (χ1v) is 2.72. The van der Waals surface area contributed by atoms with Crippen LogP contribution >= 0.6 is 0 Å². The molecule has 0 bridgehead atoms. The van der Waals surface area contributed by atoms with E-state index in [4.69, 9.17) is 12.2 Å². The molecular weight excluding hydrogens is 118 g/mol. The zero-order valence-electron chi connectivity index (χ0n) is 6.93. The molecule has 54 valence electrons. The first kappa shape index (κ1) is 6.55. The summed E-state index contributed by atoms with van der Waals surface area (Å²) in [6.07, 6.45) is 0. The largest absolute Gasteiger partial charge is 0.480 e. The highest BCUT2D eigenvalue weighted by Crippen LogP contribution is 2.16. The van der Waals surface area contributed by atoms with Crippen molar-refractivity contribution < 1.29 is 11.3 Å². The lowest BCUT2D eigenvalue weighted by Gasteiger charge is -2.22. The Balaban J connectivity index is 4.57. The fourth-order valence-electron chi connectivity index (χ4n) is 0.321. The average molecular weight is 132 g/mol. The molecule has 0 heterocycles. The summed E-state index contributed by atoms with van der Waals surface area (Å²) >= 11 is 0. The van der Waals surface area contributed by atoms with Crippen molar-refractivity contribution in [3.8, 4) is 0 Å². The second-order valence-corrected chi connectivity index (χ2v) is 2.97. The third kappa shape index (κ3) is 2.46. The second kappa shape index (κ2) is 2.35. The highest BCUT2D eigenvalue weighted by molar-refractivity contribution is 5.74. The van der Waals surface area contributed by atoms with E-state index < -0.39 is 17.4 Å². The summed E-state index contributed by atoms with van der Waals surface area (Å²) in [5.74, 6) is -1.29. The van der Waals surface area contributed by atoms with Crippen LogP contribution in [0.4, 0.5) is 0 Å². The van der Waals surface area contributed by atoms with Crippen LogP contribution in [0.15, 0.2) is 0 Å². The molecule has 0 aromatic rings. The molecule has 0 amide bonds. The number of aliphatic carboxylic acids is 1. The molecule has 3 nitrogen and oxygen atoms in total. The summed E-state index contributed by atoms with van der Waals surface area (Å²) in [6.45, 7) is 4.86. The summed E-state index contributed by atoms with van der Waals surface area (Å²) in [5, 5.41) is 8.46. The first-order valence-electron chi connectivity index (χ1n) is 3.22. The molecule has 0 saturated heterocycles. The van der Waals surface area contributed by atoms with Crippen molar-refractivity contribution in [3.63, 3.8) is 0 Å². The maximum atomic E-state index is 10.4. The van der Waals surface area contributed by atoms with E-state index in [-0.39, 0.29) is 0 Å². The van der Waals surface area contributed by atoms with Gasteiger partial charge in [-0.2, -0.15) is 0 Å². The van der Waals surface area contributed by atoms with Gasteiger partial charge in [0.1, 0.15) is 6.02 Å². The van der Waals surface area contributed by atoms with Gasteiger partial charge in [-0.1, -0.05) is 20.8 Å². The van der Waals surface area contributed by atoms with Crippen LogP contribution in [0.25, 0.3) is 0 Å². The van der Waals surface area contributed by atoms with Gasteiger partial charge in [-0.05, 0) is 5.41 Å². The highest BCUT2D eigenvalue weighted by Gasteiger charge is 2.26. The lowest BCUT2D eigenvalue weighted by molar-refractivity contribution is -0.141. The summed E-state index contributed by atoms with van der Waals surface area (Å²) < 4.78 is 7.21. The monoisotopic (exact) mass is 132 g/mol. The number of nitrogens with two attached hydrogens (primary N) is 1. The minimum Gasteiger partial charge on any atom is -0.480 e. The van der Waals surface area contributed by atoms with Crippen LogP contribution in [0.1, 0.15) is 22.1 Å². The quantitative estimate of drug-likeness (QED) is 0.544. The first-order chi connectivity index (χ1) is 4.19. The lowest BCUT2D eigenvalue weighted by Crippen LogP contribution is -2.41. The number of carboxylic acids is 1. The molecule has 0 aliphatic carbocycles. The molecule has 0 fully saturated rings. The Bertz CT molecular complexity index is 148. The van der Waals surface area contributed by atoms with Gasteiger partial charge in [0.05, 0.1) is 1.37 Å². The van der Waals surface area contributed by atoms with Gasteiger partial charge < -0.3 is 10.8 Å². The van der Waals surface area contributed by atoms with E-state index in [9.17, 15) is 4.79 Å². The Labute approximate surface area is 56.3 Å². The maximum Gasteiger partial charge on any atom is 0.321 e. The average Bonchev–Trinajstić information content (AvgIpc) is 1.62. The van der Waals surface area contributed by atoms with Crippen LogP contribution in [0.5, 0.6) is 0 Å². The fraction of sp³-hybridized carbons (Fsp3) is 0.833. The van der Waals surface area contributed by atoms with Gasteiger partial charge in [-0.25, -0.2) is 0 Å². The molecule has 0 spiro atoms. The Morgan fingerprint density at radius 2 is 2.11 bits per heavy atom.